The van der Waals surface area contributed by atoms with E-state index in [1.807, 2.05) is 47.5 Å². The van der Waals surface area contributed by atoms with Gasteiger partial charge in [0.15, 0.2) is 0 Å². The summed E-state index contributed by atoms with van der Waals surface area (Å²) in [5.41, 5.74) is 0.850. The van der Waals surface area contributed by atoms with Gasteiger partial charge in [-0.05, 0) is 25.1 Å². The number of aromatic nitrogens is 1. The largest absolute Gasteiger partial charge is 0.490 e. The van der Waals surface area contributed by atoms with Crippen LogP contribution in [0.25, 0.3) is 6.08 Å². The van der Waals surface area contributed by atoms with E-state index in [4.69, 9.17) is 4.74 Å². The van der Waals surface area contributed by atoms with E-state index in [-0.39, 0.29) is 12.0 Å². The zero-order valence-corrected chi connectivity index (χ0v) is 14.0. The number of hydrogen-bond donors (Lipinski definition) is 0. The normalized spacial score (nSPS) is 16.0. The lowest BCUT2D eigenvalue weighted by Crippen LogP contribution is -2.41. The summed E-state index contributed by atoms with van der Waals surface area (Å²) in [4.78, 5) is 18.4. The average molecular weight is 328 g/mol. The third kappa shape index (κ3) is 4.42. The van der Waals surface area contributed by atoms with Gasteiger partial charge >= 0.3 is 0 Å². The number of thiazole rings is 1. The minimum atomic E-state index is 0.0498. The summed E-state index contributed by atoms with van der Waals surface area (Å²) in [5.74, 6) is 0.949. The van der Waals surface area contributed by atoms with Crippen LogP contribution in [0.4, 0.5) is 0 Å². The predicted octanol–water partition coefficient (Wildman–Crippen LogP) is 3.53. The van der Waals surface area contributed by atoms with Crippen LogP contribution in [0.2, 0.25) is 0 Å². The van der Waals surface area contributed by atoms with Gasteiger partial charge in [-0.15, -0.1) is 11.3 Å². The van der Waals surface area contributed by atoms with Crippen molar-refractivity contribution in [2.24, 2.45) is 0 Å². The summed E-state index contributed by atoms with van der Waals surface area (Å²) in [6.07, 6.45) is 5.33. The highest BCUT2D eigenvalue weighted by molar-refractivity contribution is 7.09. The standard InChI is InChI=1S/C18H20N2O2S/c1-14-19-15(13-23-14)7-8-18(21)20-11-9-17(10-12-20)22-16-5-3-2-4-6-16/h2-8,13,17H,9-12H2,1H3. The van der Waals surface area contributed by atoms with Gasteiger partial charge in [-0.25, -0.2) is 4.98 Å². The number of hydrogen-bond acceptors (Lipinski definition) is 4. The Hall–Kier alpha value is -2.14. The number of nitrogens with zero attached hydrogens (tertiary/aromatic N) is 2. The number of rotatable bonds is 4. The summed E-state index contributed by atoms with van der Waals surface area (Å²) in [7, 11) is 0. The van der Waals surface area contributed by atoms with Gasteiger partial charge in [0, 0.05) is 37.4 Å². The maximum absolute atomic E-state index is 12.2. The smallest absolute Gasteiger partial charge is 0.246 e. The van der Waals surface area contributed by atoms with Crippen molar-refractivity contribution in [3.63, 3.8) is 0 Å². The fourth-order valence-corrected chi connectivity index (χ4v) is 3.19. The Morgan fingerprint density at radius 2 is 2.04 bits per heavy atom. The molecule has 2 heterocycles. The lowest BCUT2D eigenvalue weighted by molar-refractivity contribution is -0.127. The molecule has 3 rings (SSSR count). The Morgan fingerprint density at radius 3 is 2.70 bits per heavy atom. The molecule has 1 aromatic heterocycles. The van der Waals surface area contributed by atoms with Crippen LogP contribution in [0.15, 0.2) is 41.8 Å². The molecule has 0 N–H and O–H groups in total. The van der Waals surface area contributed by atoms with Crippen molar-refractivity contribution in [1.82, 2.24) is 9.88 Å². The van der Waals surface area contributed by atoms with Crippen LogP contribution in [0.5, 0.6) is 5.75 Å². The highest BCUT2D eigenvalue weighted by Gasteiger charge is 2.22. The molecule has 0 aliphatic carbocycles. The van der Waals surface area contributed by atoms with Crippen molar-refractivity contribution >= 4 is 23.3 Å². The van der Waals surface area contributed by atoms with Crippen molar-refractivity contribution in [2.75, 3.05) is 13.1 Å². The molecule has 1 fully saturated rings. The van der Waals surface area contributed by atoms with Crippen LogP contribution in [-0.2, 0) is 4.79 Å². The maximum Gasteiger partial charge on any atom is 0.246 e. The molecule has 1 aromatic carbocycles. The molecule has 0 saturated carbocycles. The molecule has 1 saturated heterocycles. The molecule has 1 aliphatic heterocycles. The maximum atomic E-state index is 12.2. The summed E-state index contributed by atoms with van der Waals surface area (Å²) in [5, 5.41) is 2.97. The quantitative estimate of drug-likeness (QED) is 0.806. The molecule has 0 spiro atoms. The van der Waals surface area contributed by atoms with Gasteiger partial charge < -0.3 is 9.64 Å². The first-order chi connectivity index (χ1) is 11.2. The first-order valence-electron chi connectivity index (χ1n) is 7.81. The summed E-state index contributed by atoms with van der Waals surface area (Å²) in [6.45, 7) is 3.43. The third-order valence-corrected chi connectivity index (χ3v) is 4.62. The van der Waals surface area contributed by atoms with Crippen molar-refractivity contribution in [3.05, 3.63) is 52.5 Å². The van der Waals surface area contributed by atoms with Gasteiger partial charge in [-0.3, -0.25) is 4.79 Å². The Kier molecular flexibility index (Phi) is 5.08. The molecule has 4 nitrogen and oxygen atoms in total. The number of amides is 1. The Labute approximate surface area is 140 Å². The number of carbonyl (C=O) groups is 1. The van der Waals surface area contributed by atoms with Crippen LogP contribution in [-0.4, -0.2) is 35.0 Å². The van der Waals surface area contributed by atoms with Crippen LogP contribution in [0.1, 0.15) is 23.5 Å². The van der Waals surface area contributed by atoms with Gasteiger partial charge in [-0.2, -0.15) is 0 Å². The highest BCUT2D eigenvalue weighted by Crippen LogP contribution is 2.19. The number of carbonyl (C=O) groups excluding carboxylic acids is 1. The second kappa shape index (κ2) is 7.42. The molecular formula is C18H20N2O2S. The van der Waals surface area contributed by atoms with Gasteiger partial charge in [0.2, 0.25) is 5.91 Å². The lowest BCUT2D eigenvalue weighted by Gasteiger charge is -2.31. The Balaban J connectivity index is 1.48. The number of para-hydroxylation sites is 1. The zero-order chi connectivity index (χ0) is 16.1. The number of ether oxygens (including phenoxy) is 1. The van der Waals surface area contributed by atoms with Crippen molar-refractivity contribution in [2.45, 2.75) is 25.9 Å². The van der Waals surface area contributed by atoms with E-state index < -0.39 is 0 Å². The molecule has 0 bridgehead atoms. The summed E-state index contributed by atoms with van der Waals surface area (Å²) >= 11 is 1.59. The van der Waals surface area contributed by atoms with Crippen LogP contribution < -0.4 is 4.74 Å². The van der Waals surface area contributed by atoms with E-state index in [1.54, 1.807) is 23.5 Å². The Bertz CT molecular complexity index is 673. The van der Waals surface area contributed by atoms with Crippen molar-refractivity contribution in [1.29, 1.82) is 0 Å². The fourth-order valence-electron chi connectivity index (χ4n) is 2.60. The predicted molar refractivity (Wildman–Crippen MR) is 92.6 cm³/mol. The number of likely N-dealkylation sites (tertiary alicyclic amines) is 1. The van der Waals surface area contributed by atoms with Gasteiger partial charge in [0.05, 0.1) is 10.7 Å². The van der Waals surface area contributed by atoms with Crippen LogP contribution >= 0.6 is 11.3 Å². The molecule has 0 unspecified atom stereocenters. The summed E-state index contributed by atoms with van der Waals surface area (Å²) < 4.78 is 5.95. The van der Waals surface area contributed by atoms with E-state index in [2.05, 4.69) is 4.98 Å². The molecule has 23 heavy (non-hydrogen) atoms. The van der Waals surface area contributed by atoms with E-state index in [1.165, 1.54) is 0 Å². The molecule has 1 aliphatic rings. The van der Waals surface area contributed by atoms with Crippen molar-refractivity contribution < 1.29 is 9.53 Å². The Morgan fingerprint density at radius 1 is 1.30 bits per heavy atom. The number of piperidine rings is 1. The molecule has 0 atom stereocenters. The highest BCUT2D eigenvalue weighted by atomic mass is 32.1. The van der Waals surface area contributed by atoms with Gasteiger partial charge in [0.1, 0.15) is 11.9 Å². The molecule has 1 amide bonds. The minimum Gasteiger partial charge on any atom is -0.490 e. The zero-order valence-electron chi connectivity index (χ0n) is 13.1. The number of aryl methyl sites for hydroxylation is 1. The minimum absolute atomic E-state index is 0.0498. The lowest BCUT2D eigenvalue weighted by atomic mass is 10.1. The van der Waals surface area contributed by atoms with Crippen LogP contribution in [0.3, 0.4) is 0 Å². The van der Waals surface area contributed by atoms with E-state index >= 15 is 0 Å². The molecule has 5 heteroatoms. The molecule has 0 radical (unpaired) electrons. The monoisotopic (exact) mass is 328 g/mol. The molecule has 2 aromatic rings. The SMILES string of the molecule is Cc1nc(C=CC(=O)N2CCC(Oc3ccccc3)CC2)cs1. The van der Waals surface area contributed by atoms with Crippen LogP contribution in [0, 0.1) is 6.92 Å². The van der Waals surface area contributed by atoms with E-state index in [0.29, 0.717) is 0 Å². The molecular weight excluding hydrogens is 308 g/mol. The fraction of sp³-hybridized carbons (Fsp3) is 0.333. The van der Waals surface area contributed by atoms with Gasteiger partial charge in [0.25, 0.3) is 0 Å². The van der Waals surface area contributed by atoms with E-state index in [9.17, 15) is 4.79 Å². The topological polar surface area (TPSA) is 42.4 Å². The third-order valence-electron chi connectivity index (χ3n) is 3.83. The molecule has 120 valence electrons. The average Bonchev–Trinajstić information content (AvgIpc) is 3.00. The van der Waals surface area contributed by atoms with Crippen molar-refractivity contribution in [3.8, 4) is 5.75 Å². The second-order valence-corrected chi connectivity index (χ2v) is 6.64. The van der Waals surface area contributed by atoms with E-state index in [0.717, 1.165) is 42.4 Å². The first-order valence-corrected chi connectivity index (χ1v) is 8.69. The second-order valence-electron chi connectivity index (χ2n) is 5.58. The summed E-state index contributed by atoms with van der Waals surface area (Å²) in [6, 6.07) is 9.86. The number of benzene rings is 1. The first kappa shape index (κ1) is 15.7. The van der Waals surface area contributed by atoms with Gasteiger partial charge in [-0.1, -0.05) is 18.2 Å².